The lowest BCUT2D eigenvalue weighted by Crippen LogP contribution is -2.40. The van der Waals surface area contributed by atoms with Gasteiger partial charge in [0.15, 0.2) is 5.78 Å². The molecule has 0 aromatic heterocycles. The lowest BCUT2D eigenvalue weighted by atomic mass is 9.94. The number of nitrogens with one attached hydrogen (secondary N) is 1. The van der Waals surface area contributed by atoms with E-state index in [4.69, 9.17) is 0 Å². The number of carbonyl (C=O) groups excluding carboxylic acids is 4. The first-order valence-electron chi connectivity index (χ1n) is 9.90. The minimum atomic E-state index is -0.433. The molecule has 0 unspecified atom stereocenters. The topological polar surface area (TPSA) is 83.6 Å². The molecule has 1 saturated carbocycles. The fourth-order valence-electron chi connectivity index (χ4n) is 4.17. The third kappa shape index (κ3) is 3.46. The van der Waals surface area contributed by atoms with Gasteiger partial charge < -0.3 is 5.32 Å². The maximum absolute atomic E-state index is 12.9. The van der Waals surface area contributed by atoms with Crippen molar-refractivity contribution in [2.75, 3.05) is 5.32 Å². The number of imide groups is 1. The van der Waals surface area contributed by atoms with Crippen LogP contribution >= 0.6 is 0 Å². The van der Waals surface area contributed by atoms with E-state index < -0.39 is 5.91 Å². The quantitative estimate of drug-likeness (QED) is 0.630. The molecule has 0 spiro atoms. The number of hydrogen-bond acceptors (Lipinski definition) is 4. The highest BCUT2D eigenvalue weighted by Gasteiger charge is 2.40. The zero-order valence-corrected chi connectivity index (χ0v) is 16.2. The predicted molar refractivity (Wildman–Crippen MR) is 108 cm³/mol. The molecule has 29 heavy (non-hydrogen) atoms. The summed E-state index contributed by atoms with van der Waals surface area (Å²) in [5.41, 5.74) is 1.72. The minimum absolute atomic E-state index is 0.0594. The van der Waals surface area contributed by atoms with Crippen molar-refractivity contribution in [3.05, 3.63) is 64.7 Å². The summed E-state index contributed by atoms with van der Waals surface area (Å²) in [6, 6.07) is 11.3. The fraction of sp³-hybridized carbons (Fsp3) is 0.304. The monoisotopic (exact) mass is 390 g/mol. The van der Waals surface area contributed by atoms with Gasteiger partial charge in [-0.1, -0.05) is 31.4 Å². The van der Waals surface area contributed by atoms with Crippen molar-refractivity contribution in [3.8, 4) is 0 Å². The number of carbonyl (C=O) groups is 4. The Kier molecular flexibility index (Phi) is 5.01. The summed E-state index contributed by atoms with van der Waals surface area (Å²) in [6.45, 7) is 1.44. The minimum Gasteiger partial charge on any atom is -0.321 e. The van der Waals surface area contributed by atoms with E-state index in [1.165, 1.54) is 17.9 Å². The Hall–Kier alpha value is -3.28. The number of fused-ring (bicyclic) bond motifs is 1. The molecule has 2 aliphatic rings. The van der Waals surface area contributed by atoms with Crippen molar-refractivity contribution in [2.24, 2.45) is 0 Å². The maximum Gasteiger partial charge on any atom is 0.261 e. The van der Waals surface area contributed by atoms with Crippen molar-refractivity contribution < 1.29 is 19.2 Å². The molecule has 2 aromatic carbocycles. The van der Waals surface area contributed by atoms with Gasteiger partial charge in [-0.15, -0.1) is 0 Å². The van der Waals surface area contributed by atoms with Crippen molar-refractivity contribution in [3.63, 3.8) is 0 Å². The van der Waals surface area contributed by atoms with Crippen LogP contribution in [0, 0.1) is 0 Å². The Morgan fingerprint density at radius 3 is 2.34 bits per heavy atom. The molecule has 0 radical (unpaired) electrons. The van der Waals surface area contributed by atoms with E-state index in [2.05, 4.69) is 5.32 Å². The van der Waals surface area contributed by atoms with Gasteiger partial charge in [0.1, 0.15) is 0 Å². The highest BCUT2D eigenvalue weighted by molar-refractivity contribution is 6.22. The largest absolute Gasteiger partial charge is 0.321 e. The average Bonchev–Trinajstić information content (AvgIpc) is 2.98. The second kappa shape index (κ2) is 7.62. The van der Waals surface area contributed by atoms with E-state index in [0.717, 1.165) is 32.1 Å². The molecule has 3 amide bonds. The zero-order chi connectivity index (χ0) is 20.5. The van der Waals surface area contributed by atoms with Crippen LogP contribution in [0.1, 0.15) is 80.5 Å². The Morgan fingerprint density at radius 2 is 1.62 bits per heavy atom. The molecule has 4 rings (SSSR count). The van der Waals surface area contributed by atoms with Gasteiger partial charge in [0.25, 0.3) is 17.7 Å². The number of rotatable bonds is 4. The molecule has 148 valence electrons. The van der Waals surface area contributed by atoms with E-state index in [9.17, 15) is 19.2 Å². The van der Waals surface area contributed by atoms with Crippen molar-refractivity contribution in [1.82, 2.24) is 4.90 Å². The molecule has 0 atom stereocenters. The van der Waals surface area contributed by atoms with Gasteiger partial charge in [0.05, 0.1) is 16.8 Å². The van der Waals surface area contributed by atoms with Crippen LogP contribution in [0.5, 0.6) is 0 Å². The average molecular weight is 390 g/mol. The molecule has 1 aliphatic heterocycles. The number of benzene rings is 2. The van der Waals surface area contributed by atoms with Gasteiger partial charge in [-0.2, -0.15) is 0 Å². The number of ketones is 1. The van der Waals surface area contributed by atoms with Crippen LogP contribution in [0.4, 0.5) is 5.69 Å². The number of para-hydroxylation sites is 1. The highest BCUT2D eigenvalue weighted by atomic mass is 16.2. The van der Waals surface area contributed by atoms with Crippen molar-refractivity contribution >= 4 is 29.2 Å². The van der Waals surface area contributed by atoms with Gasteiger partial charge in [0.2, 0.25) is 0 Å². The second-order valence-corrected chi connectivity index (χ2v) is 7.59. The highest BCUT2D eigenvalue weighted by Crippen LogP contribution is 2.31. The number of amides is 3. The van der Waals surface area contributed by atoms with Gasteiger partial charge in [-0.25, -0.2) is 0 Å². The SMILES string of the molecule is CC(=O)c1ccccc1NC(=O)c1ccc2c(c1)C(=O)N(C1CCCCC1)C2=O. The van der Waals surface area contributed by atoms with Crippen LogP contribution in [-0.4, -0.2) is 34.4 Å². The van der Waals surface area contributed by atoms with Crippen molar-refractivity contribution in [1.29, 1.82) is 0 Å². The molecular weight excluding hydrogens is 368 g/mol. The number of hydrogen-bond donors (Lipinski definition) is 1. The molecule has 1 fully saturated rings. The van der Waals surface area contributed by atoms with E-state index in [1.807, 2.05) is 0 Å². The van der Waals surface area contributed by atoms with E-state index in [-0.39, 0.29) is 34.8 Å². The summed E-state index contributed by atoms with van der Waals surface area (Å²) in [7, 11) is 0. The normalized spacial score (nSPS) is 16.7. The summed E-state index contributed by atoms with van der Waals surface area (Å²) < 4.78 is 0. The summed E-state index contributed by atoms with van der Waals surface area (Å²) in [4.78, 5) is 51.5. The lowest BCUT2D eigenvalue weighted by Gasteiger charge is -2.29. The maximum atomic E-state index is 12.9. The van der Waals surface area contributed by atoms with Gasteiger partial charge >= 0.3 is 0 Å². The van der Waals surface area contributed by atoms with Crippen LogP contribution in [0.2, 0.25) is 0 Å². The molecule has 0 bridgehead atoms. The van der Waals surface area contributed by atoms with Gasteiger partial charge in [-0.05, 0) is 50.1 Å². The molecule has 6 nitrogen and oxygen atoms in total. The molecular formula is C23H22N2O4. The first kappa shape index (κ1) is 19.1. The molecule has 2 aromatic rings. The molecule has 1 N–H and O–H groups in total. The van der Waals surface area contributed by atoms with E-state index >= 15 is 0 Å². The van der Waals surface area contributed by atoms with E-state index in [1.54, 1.807) is 36.4 Å². The predicted octanol–water partition coefficient (Wildman–Crippen LogP) is 4.07. The third-order valence-electron chi connectivity index (χ3n) is 5.67. The number of Topliss-reactive ketones (excluding diaryl/α,β-unsaturated/α-hetero) is 1. The van der Waals surface area contributed by atoms with Crippen molar-refractivity contribution in [2.45, 2.75) is 45.1 Å². The molecule has 1 aliphatic carbocycles. The number of nitrogens with zero attached hydrogens (tertiary/aromatic N) is 1. The zero-order valence-electron chi connectivity index (χ0n) is 16.2. The summed E-state index contributed by atoms with van der Waals surface area (Å²) in [6.07, 6.45) is 4.83. The van der Waals surface area contributed by atoms with Crippen LogP contribution in [-0.2, 0) is 0 Å². The Labute approximate surface area is 168 Å². The summed E-state index contributed by atoms with van der Waals surface area (Å²) in [5, 5.41) is 2.73. The van der Waals surface area contributed by atoms with Crippen LogP contribution in [0.3, 0.4) is 0 Å². The second-order valence-electron chi connectivity index (χ2n) is 7.59. The molecule has 6 heteroatoms. The fourth-order valence-corrected chi connectivity index (χ4v) is 4.17. The smallest absolute Gasteiger partial charge is 0.261 e. The third-order valence-corrected chi connectivity index (χ3v) is 5.67. The van der Waals surface area contributed by atoms with Crippen LogP contribution in [0.15, 0.2) is 42.5 Å². The standard InChI is InChI=1S/C23H22N2O4/c1-14(26)17-9-5-6-10-20(17)24-21(27)15-11-12-18-19(13-15)23(29)25(22(18)28)16-7-3-2-4-8-16/h5-6,9-13,16H,2-4,7-8H2,1H3,(H,24,27). The molecule has 1 heterocycles. The lowest BCUT2D eigenvalue weighted by molar-refractivity contribution is 0.0548. The summed E-state index contributed by atoms with van der Waals surface area (Å²) in [5.74, 6) is -1.18. The Bertz CT molecular complexity index is 1020. The number of anilines is 1. The van der Waals surface area contributed by atoms with Gasteiger partial charge in [0, 0.05) is 17.2 Å². The molecule has 0 saturated heterocycles. The Balaban J connectivity index is 1.59. The first-order chi connectivity index (χ1) is 14.0. The summed E-state index contributed by atoms with van der Waals surface area (Å²) >= 11 is 0. The van der Waals surface area contributed by atoms with Crippen LogP contribution in [0.25, 0.3) is 0 Å². The van der Waals surface area contributed by atoms with E-state index in [0.29, 0.717) is 16.8 Å². The first-order valence-corrected chi connectivity index (χ1v) is 9.90. The Morgan fingerprint density at radius 1 is 0.931 bits per heavy atom. The van der Waals surface area contributed by atoms with Crippen LogP contribution < -0.4 is 5.32 Å². The van der Waals surface area contributed by atoms with Gasteiger partial charge in [-0.3, -0.25) is 24.1 Å².